The van der Waals surface area contributed by atoms with E-state index in [4.69, 9.17) is 4.98 Å². The Morgan fingerprint density at radius 1 is 0.800 bits per heavy atom. The second-order valence-electron chi connectivity index (χ2n) is 7.26. The van der Waals surface area contributed by atoms with Crippen LogP contribution >= 0.6 is 0 Å². The molecule has 0 amide bonds. The molecule has 1 aliphatic heterocycles. The first-order chi connectivity index (χ1) is 12.4. The molecular formula is C21H24N4. The summed E-state index contributed by atoms with van der Waals surface area (Å²) in [5.41, 5.74) is 3.74. The van der Waals surface area contributed by atoms with E-state index >= 15 is 0 Å². The van der Waals surface area contributed by atoms with Gasteiger partial charge in [0.25, 0.3) is 0 Å². The molecule has 25 heavy (non-hydrogen) atoms. The highest BCUT2D eigenvalue weighted by Crippen LogP contribution is 2.34. The van der Waals surface area contributed by atoms with Gasteiger partial charge in [-0.25, -0.2) is 4.98 Å². The van der Waals surface area contributed by atoms with Gasteiger partial charge in [-0.2, -0.15) is 0 Å². The van der Waals surface area contributed by atoms with Crippen molar-refractivity contribution in [3.8, 4) is 0 Å². The van der Waals surface area contributed by atoms with Gasteiger partial charge in [-0.1, -0.05) is 30.3 Å². The highest BCUT2D eigenvalue weighted by Gasteiger charge is 2.27. The number of imidazole rings is 1. The van der Waals surface area contributed by atoms with Crippen molar-refractivity contribution < 1.29 is 0 Å². The molecule has 0 atom stereocenters. The first-order valence-electron chi connectivity index (χ1n) is 9.39. The Labute approximate surface area is 148 Å². The minimum absolute atomic E-state index is 0.849. The molecule has 0 radical (unpaired) electrons. The molecule has 3 aromatic rings. The number of benzene rings is 2. The van der Waals surface area contributed by atoms with E-state index in [1.165, 1.54) is 30.0 Å². The highest BCUT2D eigenvalue weighted by atomic mass is 15.4. The molecule has 2 fully saturated rings. The van der Waals surface area contributed by atoms with Crippen LogP contribution in [0, 0.1) is 5.92 Å². The summed E-state index contributed by atoms with van der Waals surface area (Å²) in [6.45, 7) is 5.29. The second-order valence-corrected chi connectivity index (χ2v) is 7.26. The number of fused-ring (bicyclic) bond motifs is 1. The van der Waals surface area contributed by atoms with Crippen molar-refractivity contribution in [3.63, 3.8) is 0 Å². The molecule has 0 unspecified atom stereocenters. The van der Waals surface area contributed by atoms with Gasteiger partial charge in [0.05, 0.1) is 11.0 Å². The maximum Gasteiger partial charge on any atom is 0.206 e. The third-order valence-corrected chi connectivity index (χ3v) is 5.46. The molecular weight excluding hydrogens is 308 g/mol. The lowest BCUT2D eigenvalue weighted by atomic mass is 10.2. The van der Waals surface area contributed by atoms with Crippen LogP contribution in [0.15, 0.2) is 54.6 Å². The van der Waals surface area contributed by atoms with Gasteiger partial charge in [-0.15, -0.1) is 0 Å². The average molecular weight is 332 g/mol. The number of hydrogen-bond donors (Lipinski definition) is 0. The zero-order chi connectivity index (χ0) is 16.6. The van der Waals surface area contributed by atoms with Gasteiger partial charge in [0.1, 0.15) is 0 Å². The van der Waals surface area contributed by atoms with Crippen LogP contribution < -0.4 is 9.80 Å². The van der Waals surface area contributed by atoms with Crippen LogP contribution in [0.4, 0.5) is 11.6 Å². The van der Waals surface area contributed by atoms with Crippen molar-refractivity contribution in [3.05, 3.63) is 54.6 Å². The van der Waals surface area contributed by atoms with Crippen LogP contribution in [0.3, 0.4) is 0 Å². The predicted octanol–water partition coefficient (Wildman–Crippen LogP) is 3.77. The summed E-state index contributed by atoms with van der Waals surface area (Å²) >= 11 is 0. The van der Waals surface area contributed by atoms with Crippen LogP contribution in [-0.2, 0) is 6.54 Å². The summed E-state index contributed by atoms with van der Waals surface area (Å²) in [4.78, 5) is 9.94. The number of piperazine rings is 1. The minimum Gasteiger partial charge on any atom is -0.368 e. The van der Waals surface area contributed by atoms with Gasteiger partial charge in [0.15, 0.2) is 0 Å². The highest BCUT2D eigenvalue weighted by molar-refractivity contribution is 5.79. The smallest absolute Gasteiger partial charge is 0.206 e. The Morgan fingerprint density at radius 2 is 1.48 bits per heavy atom. The van der Waals surface area contributed by atoms with Crippen LogP contribution in [-0.4, -0.2) is 35.7 Å². The van der Waals surface area contributed by atoms with E-state index in [9.17, 15) is 0 Å². The van der Waals surface area contributed by atoms with Crippen molar-refractivity contribution in [2.45, 2.75) is 19.4 Å². The van der Waals surface area contributed by atoms with Gasteiger partial charge in [-0.05, 0) is 43.0 Å². The SMILES string of the molecule is c1ccc(N2CCN(c3nc4ccccc4n3CC3CC3)CC2)cc1. The normalized spacial score (nSPS) is 18.1. The Hall–Kier alpha value is -2.49. The third kappa shape index (κ3) is 2.86. The molecule has 1 aromatic heterocycles. The standard InChI is InChI=1S/C21H24N4/c1-2-6-18(7-3-1)23-12-14-24(15-13-23)21-22-19-8-4-5-9-20(19)25(21)16-17-10-11-17/h1-9,17H,10-16H2. The molecule has 5 rings (SSSR count). The van der Waals surface area contributed by atoms with Crippen molar-refractivity contribution >= 4 is 22.7 Å². The number of nitrogens with zero attached hydrogens (tertiary/aromatic N) is 4. The number of hydrogen-bond acceptors (Lipinski definition) is 3. The summed E-state index contributed by atoms with van der Waals surface area (Å²) in [6, 6.07) is 19.3. The summed E-state index contributed by atoms with van der Waals surface area (Å²) in [5, 5.41) is 0. The molecule has 128 valence electrons. The summed E-state index contributed by atoms with van der Waals surface area (Å²) < 4.78 is 2.46. The third-order valence-electron chi connectivity index (χ3n) is 5.46. The van der Waals surface area contributed by atoms with E-state index in [0.717, 1.165) is 44.2 Å². The van der Waals surface area contributed by atoms with E-state index in [0.29, 0.717) is 0 Å². The second kappa shape index (κ2) is 6.10. The fraction of sp³-hybridized carbons (Fsp3) is 0.381. The number of rotatable bonds is 4. The molecule has 2 heterocycles. The van der Waals surface area contributed by atoms with E-state index in [1.807, 2.05) is 0 Å². The van der Waals surface area contributed by atoms with Gasteiger partial charge in [0.2, 0.25) is 5.95 Å². The monoisotopic (exact) mass is 332 g/mol. The fourth-order valence-corrected chi connectivity index (χ4v) is 3.85. The lowest BCUT2D eigenvalue weighted by Crippen LogP contribution is -2.47. The summed E-state index contributed by atoms with van der Waals surface area (Å²) in [6.07, 6.45) is 2.74. The largest absolute Gasteiger partial charge is 0.368 e. The number of aromatic nitrogens is 2. The minimum atomic E-state index is 0.849. The summed E-state index contributed by atoms with van der Waals surface area (Å²) in [7, 11) is 0. The molecule has 0 bridgehead atoms. The Kier molecular flexibility index (Phi) is 3.62. The Bertz CT molecular complexity index is 858. The molecule has 1 saturated carbocycles. The van der Waals surface area contributed by atoms with Crippen LogP contribution in [0.2, 0.25) is 0 Å². The molecule has 2 aliphatic rings. The Balaban J connectivity index is 1.40. The summed E-state index contributed by atoms with van der Waals surface area (Å²) in [5.74, 6) is 2.02. The van der Waals surface area contributed by atoms with Crippen molar-refractivity contribution in [2.24, 2.45) is 5.92 Å². The van der Waals surface area contributed by atoms with Gasteiger partial charge in [0, 0.05) is 38.4 Å². The lowest BCUT2D eigenvalue weighted by molar-refractivity contribution is 0.592. The van der Waals surface area contributed by atoms with E-state index < -0.39 is 0 Å². The Morgan fingerprint density at radius 3 is 2.24 bits per heavy atom. The van der Waals surface area contributed by atoms with Gasteiger partial charge >= 0.3 is 0 Å². The van der Waals surface area contributed by atoms with E-state index in [1.54, 1.807) is 0 Å². The molecule has 0 spiro atoms. The average Bonchev–Trinajstić information content (AvgIpc) is 3.43. The molecule has 1 aliphatic carbocycles. The zero-order valence-electron chi connectivity index (χ0n) is 14.5. The van der Waals surface area contributed by atoms with Crippen molar-refractivity contribution in [1.29, 1.82) is 0 Å². The van der Waals surface area contributed by atoms with E-state index in [-0.39, 0.29) is 0 Å². The van der Waals surface area contributed by atoms with Gasteiger partial charge < -0.3 is 14.4 Å². The molecule has 2 aromatic carbocycles. The lowest BCUT2D eigenvalue weighted by Gasteiger charge is -2.36. The topological polar surface area (TPSA) is 24.3 Å². The number of anilines is 2. The van der Waals surface area contributed by atoms with Crippen LogP contribution in [0.5, 0.6) is 0 Å². The fourth-order valence-electron chi connectivity index (χ4n) is 3.85. The van der Waals surface area contributed by atoms with Crippen LogP contribution in [0.1, 0.15) is 12.8 Å². The molecule has 0 N–H and O–H groups in total. The number of para-hydroxylation sites is 3. The molecule has 1 saturated heterocycles. The van der Waals surface area contributed by atoms with Crippen LogP contribution in [0.25, 0.3) is 11.0 Å². The van der Waals surface area contributed by atoms with Crippen molar-refractivity contribution in [1.82, 2.24) is 9.55 Å². The predicted molar refractivity (Wildman–Crippen MR) is 103 cm³/mol. The maximum absolute atomic E-state index is 4.99. The van der Waals surface area contributed by atoms with E-state index in [2.05, 4.69) is 69.0 Å². The van der Waals surface area contributed by atoms with Gasteiger partial charge in [-0.3, -0.25) is 0 Å². The zero-order valence-corrected chi connectivity index (χ0v) is 14.5. The van der Waals surface area contributed by atoms with Crippen molar-refractivity contribution in [2.75, 3.05) is 36.0 Å². The molecule has 4 nitrogen and oxygen atoms in total. The first kappa shape index (κ1) is 14.8. The maximum atomic E-state index is 4.99. The molecule has 4 heteroatoms. The first-order valence-corrected chi connectivity index (χ1v) is 9.39. The quantitative estimate of drug-likeness (QED) is 0.727.